The zero-order valence-electron chi connectivity index (χ0n) is 14.4. The Morgan fingerprint density at radius 3 is 1.76 bits per heavy atom. The minimum atomic E-state index is -1.03. The molecule has 0 saturated carbocycles. The van der Waals surface area contributed by atoms with Crippen molar-refractivity contribution in [1.29, 1.82) is 0 Å². The first-order chi connectivity index (χ1) is 9.65. The molecule has 0 aliphatic carbocycles. The van der Waals surface area contributed by atoms with Crippen molar-refractivity contribution in [3.63, 3.8) is 0 Å². The van der Waals surface area contributed by atoms with Crippen molar-refractivity contribution in [1.82, 2.24) is 0 Å². The molecule has 0 aromatic heterocycles. The van der Waals surface area contributed by atoms with E-state index in [9.17, 15) is 8.78 Å². The van der Waals surface area contributed by atoms with E-state index < -0.39 is 11.7 Å². The minimum Gasteiger partial charge on any atom is -0.204 e. The fourth-order valence-electron chi connectivity index (χ4n) is 2.25. The zero-order valence-corrected chi connectivity index (χ0v) is 14.4. The number of rotatable bonds is 10. The van der Waals surface area contributed by atoms with E-state index >= 15 is 0 Å². The maximum atomic E-state index is 13.2. The Balaban J connectivity index is 4.23. The van der Waals surface area contributed by atoms with E-state index in [-0.39, 0.29) is 5.92 Å². The molecule has 0 amide bonds. The molecule has 122 valence electrons. The Morgan fingerprint density at radius 1 is 0.857 bits per heavy atom. The van der Waals surface area contributed by atoms with Gasteiger partial charge in [-0.05, 0) is 48.2 Å². The maximum absolute atomic E-state index is 13.2. The SMILES string of the molecule is C=C(F)/C(F)=C\C(=C)C(C)CCC(C)C(C)CCC(C)C. The highest BCUT2D eigenvalue weighted by atomic mass is 19.2. The number of allylic oxidation sites excluding steroid dienone is 4. The second kappa shape index (κ2) is 9.92. The van der Waals surface area contributed by atoms with Gasteiger partial charge in [-0.1, -0.05) is 60.6 Å². The fourth-order valence-corrected chi connectivity index (χ4v) is 2.25. The monoisotopic (exact) mass is 298 g/mol. The predicted molar refractivity (Wildman–Crippen MR) is 89.4 cm³/mol. The highest BCUT2D eigenvalue weighted by molar-refractivity contribution is 5.27. The maximum Gasteiger partial charge on any atom is 0.158 e. The van der Waals surface area contributed by atoms with Gasteiger partial charge in [0.15, 0.2) is 11.7 Å². The second-order valence-corrected chi connectivity index (χ2v) is 6.88. The summed E-state index contributed by atoms with van der Waals surface area (Å²) in [6, 6.07) is 0. The first-order valence-electron chi connectivity index (χ1n) is 8.05. The molecule has 0 saturated heterocycles. The predicted octanol–water partition coefficient (Wildman–Crippen LogP) is 7.00. The molecular weight excluding hydrogens is 266 g/mol. The van der Waals surface area contributed by atoms with Gasteiger partial charge in [-0.25, -0.2) is 8.78 Å². The Morgan fingerprint density at radius 2 is 1.33 bits per heavy atom. The molecule has 0 aromatic carbocycles. The van der Waals surface area contributed by atoms with E-state index in [0.717, 1.165) is 18.8 Å². The summed E-state index contributed by atoms with van der Waals surface area (Å²) in [6.45, 7) is 17.9. The lowest BCUT2D eigenvalue weighted by Crippen LogP contribution is -2.11. The number of hydrogen-bond acceptors (Lipinski definition) is 0. The Hall–Kier alpha value is -0.920. The summed E-state index contributed by atoms with van der Waals surface area (Å²) in [5.41, 5.74) is 0.633. The summed E-state index contributed by atoms with van der Waals surface area (Å²) >= 11 is 0. The van der Waals surface area contributed by atoms with Crippen LogP contribution >= 0.6 is 0 Å². The van der Waals surface area contributed by atoms with Crippen LogP contribution in [0.2, 0.25) is 0 Å². The third kappa shape index (κ3) is 8.85. The molecule has 0 heterocycles. The lowest BCUT2D eigenvalue weighted by molar-refractivity contribution is 0.306. The van der Waals surface area contributed by atoms with Crippen molar-refractivity contribution in [3.05, 3.63) is 36.5 Å². The van der Waals surface area contributed by atoms with E-state index in [2.05, 4.69) is 40.9 Å². The molecule has 0 aliphatic rings. The van der Waals surface area contributed by atoms with Crippen LogP contribution in [0.3, 0.4) is 0 Å². The van der Waals surface area contributed by atoms with Crippen molar-refractivity contribution in [3.8, 4) is 0 Å². The molecule has 0 fully saturated rings. The third-order valence-corrected chi connectivity index (χ3v) is 4.43. The van der Waals surface area contributed by atoms with Crippen molar-refractivity contribution < 1.29 is 8.78 Å². The third-order valence-electron chi connectivity index (χ3n) is 4.43. The molecule has 0 spiro atoms. The molecule has 3 unspecified atom stereocenters. The van der Waals surface area contributed by atoms with E-state index in [1.54, 1.807) is 0 Å². The largest absolute Gasteiger partial charge is 0.204 e. The topological polar surface area (TPSA) is 0 Å². The smallest absolute Gasteiger partial charge is 0.158 e. The van der Waals surface area contributed by atoms with Crippen LogP contribution in [0.25, 0.3) is 0 Å². The first kappa shape index (κ1) is 20.1. The van der Waals surface area contributed by atoms with Crippen molar-refractivity contribution >= 4 is 0 Å². The highest BCUT2D eigenvalue weighted by Gasteiger charge is 2.15. The van der Waals surface area contributed by atoms with Gasteiger partial charge in [-0.15, -0.1) is 0 Å². The van der Waals surface area contributed by atoms with Crippen LogP contribution in [0.4, 0.5) is 8.78 Å². The average molecular weight is 298 g/mol. The van der Waals surface area contributed by atoms with Gasteiger partial charge in [-0.3, -0.25) is 0 Å². The van der Waals surface area contributed by atoms with Crippen molar-refractivity contribution in [2.24, 2.45) is 23.7 Å². The molecule has 2 heteroatoms. The minimum absolute atomic E-state index is 0.162. The van der Waals surface area contributed by atoms with Crippen molar-refractivity contribution in [2.45, 2.75) is 60.3 Å². The van der Waals surface area contributed by atoms with Crippen LogP contribution in [-0.2, 0) is 0 Å². The van der Waals surface area contributed by atoms with E-state index in [1.165, 1.54) is 18.9 Å². The molecule has 0 aliphatic heterocycles. The van der Waals surface area contributed by atoms with Gasteiger partial charge in [0.2, 0.25) is 0 Å². The lowest BCUT2D eigenvalue weighted by Gasteiger charge is -2.22. The van der Waals surface area contributed by atoms with Crippen LogP contribution in [0.5, 0.6) is 0 Å². The van der Waals surface area contributed by atoms with Crippen LogP contribution in [0.15, 0.2) is 36.5 Å². The molecular formula is C19H32F2. The average Bonchev–Trinajstić information content (AvgIpc) is 2.40. The molecule has 0 radical (unpaired) electrons. The summed E-state index contributed by atoms with van der Waals surface area (Å²) in [5, 5.41) is 0. The summed E-state index contributed by atoms with van der Waals surface area (Å²) in [5.74, 6) is 0.314. The summed E-state index contributed by atoms with van der Waals surface area (Å²) in [7, 11) is 0. The molecule has 0 aromatic rings. The molecule has 0 N–H and O–H groups in total. The molecule has 0 nitrogen and oxygen atoms in total. The van der Waals surface area contributed by atoms with Gasteiger partial charge >= 0.3 is 0 Å². The van der Waals surface area contributed by atoms with Crippen LogP contribution in [0.1, 0.15) is 60.3 Å². The normalized spacial score (nSPS) is 16.7. The van der Waals surface area contributed by atoms with Crippen molar-refractivity contribution in [2.75, 3.05) is 0 Å². The zero-order chi connectivity index (χ0) is 16.6. The summed E-state index contributed by atoms with van der Waals surface area (Å²) < 4.78 is 25.8. The van der Waals surface area contributed by atoms with Gasteiger partial charge < -0.3 is 0 Å². The Labute approximate surface area is 130 Å². The van der Waals surface area contributed by atoms with E-state index in [0.29, 0.717) is 17.4 Å². The Kier molecular flexibility index (Phi) is 9.48. The van der Waals surface area contributed by atoms with Gasteiger partial charge in [0.05, 0.1) is 0 Å². The standard InChI is InChI=1S/C19H32F2/c1-13(2)8-9-14(3)15(4)10-11-16(5)17(6)12-19(21)18(7)20/h12-16H,6-11H2,1-5H3/b19-12+. The first-order valence-corrected chi connectivity index (χ1v) is 8.05. The number of hydrogen-bond donors (Lipinski definition) is 0. The van der Waals surface area contributed by atoms with Gasteiger partial charge in [0, 0.05) is 0 Å². The quantitative estimate of drug-likeness (QED) is 0.381. The van der Waals surface area contributed by atoms with Crippen LogP contribution in [0, 0.1) is 23.7 Å². The summed E-state index contributed by atoms with van der Waals surface area (Å²) in [4.78, 5) is 0. The Bertz CT molecular complexity index is 366. The van der Waals surface area contributed by atoms with Gasteiger partial charge in [0.25, 0.3) is 0 Å². The fraction of sp³-hybridized carbons (Fsp3) is 0.684. The molecule has 21 heavy (non-hydrogen) atoms. The van der Waals surface area contributed by atoms with E-state index in [1.807, 2.05) is 6.92 Å². The lowest BCUT2D eigenvalue weighted by atomic mass is 9.83. The molecule has 3 atom stereocenters. The van der Waals surface area contributed by atoms with E-state index in [4.69, 9.17) is 0 Å². The summed E-state index contributed by atoms with van der Waals surface area (Å²) in [6.07, 6.45) is 5.73. The van der Waals surface area contributed by atoms with Crippen LogP contribution in [-0.4, -0.2) is 0 Å². The second-order valence-electron chi connectivity index (χ2n) is 6.88. The van der Waals surface area contributed by atoms with Gasteiger partial charge in [-0.2, -0.15) is 0 Å². The van der Waals surface area contributed by atoms with Crippen LogP contribution < -0.4 is 0 Å². The molecule has 0 bridgehead atoms. The highest BCUT2D eigenvalue weighted by Crippen LogP contribution is 2.27. The number of halogens is 2. The molecule has 0 rings (SSSR count). The van der Waals surface area contributed by atoms with Gasteiger partial charge in [0.1, 0.15) is 0 Å².